The molecule has 38 heteroatoms. The van der Waals surface area contributed by atoms with Gasteiger partial charge < -0.3 is 40.3 Å². The SMILES string of the molecule is CC(C)(C)OC(=O)Cn1nc(C#N)c2cc(Br)ccc21.CC(C)(C)OC(=O)Cn1nc(C(N)=O)c2cc(Br)ccc21.Cc1ncc(-c2ccc3c(c2)c(C#N)nn3CC(=O)O)cn1.Cc1ncc(B2OC(C)(C)C(C)(C)O2)cn1.Cl.O=C(Nc1cccc(-c2ccccc2Cl)c1F)[C@@H]1C[C@@H](F)CN1.S.S=S.S=S=S. The second kappa shape index (κ2) is 41.7. The number of benzene rings is 5. The summed E-state index contributed by atoms with van der Waals surface area (Å²) in [5, 5.41) is 47.1. The van der Waals surface area contributed by atoms with Crippen molar-refractivity contribution < 1.29 is 56.6 Å². The Bertz CT molecular complexity index is 5000. The Balaban J connectivity index is 0.000000283. The number of carbonyl (C=O) groups excluding carboxylic acids is 4. The van der Waals surface area contributed by atoms with Gasteiger partial charge in [-0.05, 0) is 149 Å². The summed E-state index contributed by atoms with van der Waals surface area (Å²) in [4.78, 5) is 74.8. The van der Waals surface area contributed by atoms with Gasteiger partial charge in [-0.2, -0.15) is 39.3 Å². The van der Waals surface area contributed by atoms with Crippen molar-refractivity contribution in [3.63, 3.8) is 0 Å². The monoisotopic (exact) mass is 1770 g/mol. The molecule has 0 bridgehead atoms. The predicted octanol–water partition coefficient (Wildman–Crippen LogP) is 12.4. The third kappa shape index (κ3) is 26.5. The normalized spacial score (nSPS) is 14.2. The number of carboxylic acid groups (broad SMARTS) is 1. The van der Waals surface area contributed by atoms with E-state index in [0.717, 1.165) is 45.8 Å². The van der Waals surface area contributed by atoms with Gasteiger partial charge in [0.2, 0.25) is 5.91 Å². The number of anilines is 1. The van der Waals surface area contributed by atoms with Crippen LogP contribution in [0.4, 0.5) is 14.5 Å². The van der Waals surface area contributed by atoms with Crippen molar-refractivity contribution in [3.05, 3.63) is 170 Å². The Kier molecular flexibility index (Phi) is 35.7. The summed E-state index contributed by atoms with van der Waals surface area (Å²) in [6.45, 7) is 22.3. The number of rotatable bonds is 12. The minimum Gasteiger partial charge on any atom is -0.480 e. The highest BCUT2D eigenvalue weighted by molar-refractivity contribution is 9.10. The van der Waals surface area contributed by atoms with E-state index in [2.05, 4.69) is 122 Å². The van der Waals surface area contributed by atoms with Crippen LogP contribution in [-0.2, 0) is 111 Å². The Hall–Kier alpha value is -8.21. The lowest BCUT2D eigenvalue weighted by molar-refractivity contribution is -0.156. The molecule has 0 saturated carbocycles. The number of nitrogens with zero attached hydrogens (tertiary/aromatic N) is 12. The number of hydrogen-bond donors (Lipinski definition) is 4. The van der Waals surface area contributed by atoms with Crippen LogP contribution < -0.4 is 21.8 Å². The molecule has 0 aliphatic carbocycles. The molecule has 10 aromatic rings. The van der Waals surface area contributed by atoms with E-state index in [0.29, 0.717) is 54.9 Å². The topological polar surface area (TPSA) is 345 Å². The number of ether oxygens (including phenoxy) is 2. The average Bonchev–Trinajstić information content (AvgIpc) is 1.64. The van der Waals surface area contributed by atoms with Gasteiger partial charge >= 0.3 is 25.0 Å². The van der Waals surface area contributed by atoms with E-state index in [4.69, 9.17) is 46.5 Å². The molecule has 5 N–H and O–H groups in total. The van der Waals surface area contributed by atoms with Crippen LogP contribution in [0, 0.1) is 42.3 Å². The van der Waals surface area contributed by atoms with Crippen molar-refractivity contribution in [1.29, 1.82) is 10.5 Å². The second-order valence-electron chi connectivity index (χ2n) is 26.4. The van der Waals surface area contributed by atoms with Gasteiger partial charge in [0.15, 0.2) is 22.9 Å². The number of carboxylic acids is 1. The van der Waals surface area contributed by atoms with Gasteiger partial charge in [0.1, 0.15) is 60.8 Å². The maximum Gasteiger partial charge on any atom is 0.498 e. The van der Waals surface area contributed by atoms with E-state index in [1.54, 1.807) is 119 Å². The van der Waals surface area contributed by atoms with Gasteiger partial charge in [-0.15, -0.1) is 12.4 Å². The van der Waals surface area contributed by atoms with Crippen LogP contribution in [0.3, 0.4) is 0 Å². The molecule has 0 spiro atoms. The molecule has 12 rings (SSSR count). The molecule has 25 nitrogen and oxygen atoms in total. The highest BCUT2D eigenvalue weighted by Crippen LogP contribution is 2.37. The van der Waals surface area contributed by atoms with Gasteiger partial charge in [0.25, 0.3) is 5.91 Å². The fourth-order valence-electron chi connectivity index (χ4n) is 10.2. The summed E-state index contributed by atoms with van der Waals surface area (Å²) in [6, 6.07) is 31.2. The molecule has 2 atom stereocenters. The van der Waals surface area contributed by atoms with Crippen molar-refractivity contribution in [3.8, 4) is 34.4 Å². The number of halogens is 6. The Morgan fingerprint density at radius 1 is 0.716 bits per heavy atom. The van der Waals surface area contributed by atoms with Crippen LogP contribution in [0.15, 0.2) is 131 Å². The van der Waals surface area contributed by atoms with Crippen LogP contribution in [0.25, 0.3) is 55.0 Å². The summed E-state index contributed by atoms with van der Waals surface area (Å²) < 4.78 is 56.0. The average molecular weight is 1770 g/mol. The van der Waals surface area contributed by atoms with Gasteiger partial charge in [0.05, 0.1) is 39.5 Å². The molecule has 2 amide bonds. The van der Waals surface area contributed by atoms with Crippen molar-refractivity contribution in [2.45, 2.75) is 144 Å². The Morgan fingerprint density at radius 3 is 1.63 bits per heavy atom. The smallest absolute Gasteiger partial charge is 0.480 e. The second-order valence-corrected chi connectivity index (χ2v) is 30.4. The largest absolute Gasteiger partial charge is 0.498 e. The van der Waals surface area contributed by atoms with E-state index in [1.807, 2.05) is 91.8 Å². The predicted molar refractivity (Wildman–Crippen MR) is 441 cm³/mol. The van der Waals surface area contributed by atoms with Crippen LogP contribution in [0.1, 0.15) is 109 Å². The first-order chi connectivity index (χ1) is 50.3. The Morgan fingerprint density at radius 2 is 1.17 bits per heavy atom. The number of hydrogen-bond acceptors (Lipinski definition) is 23. The van der Waals surface area contributed by atoms with Gasteiger partial charge in [-0.25, -0.2) is 28.7 Å². The van der Waals surface area contributed by atoms with E-state index >= 15 is 0 Å². The summed E-state index contributed by atoms with van der Waals surface area (Å²) in [7, 11) is 0.547. The quantitative estimate of drug-likeness (QED) is 0.0652. The number of aromatic nitrogens is 10. The number of esters is 2. The Labute approximate surface area is 685 Å². The molecule has 2 aliphatic rings. The van der Waals surface area contributed by atoms with Gasteiger partial charge in [0, 0.05) is 144 Å². The van der Waals surface area contributed by atoms with Crippen LogP contribution in [0.5, 0.6) is 0 Å². The molecular formula is C71H76BBr2Cl2F2N15O10S6. The molecule has 2 aliphatic heterocycles. The van der Waals surface area contributed by atoms with E-state index < -0.39 is 53.0 Å². The third-order valence-electron chi connectivity index (χ3n) is 15.6. The molecular weight excluding hydrogens is 1690 g/mol. The fraction of sp³-hybridized carbons (Fsp3) is 0.324. The zero-order chi connectivity index (χ0) is 79.5. The van der Waals surface area contributed by atoms with E-state index in [-0.39, 0.29) is 99.9 Å². The van der Waals surface area contributed by atoms with Crippen molar-refractivity contribution in [1.82, 2.24) is 54.6 Å². The molecule has 0 unspecified atom stereocenters. The van der Waals surface area contributed by atoms with E-state index in [9.17, 15) is 38.0 Å². The molecule has 2 saturated heterocycles. The number of amides is 2. The van der Waals surface area contributed by atoms with Crippen LogP contribution >= 0.6 is 69.4 Å². The van der Waals surface area contributed by atoms with Crippen molar-refractivity contribution in [2.24, 2.45) is 5.73 Å². The minimum absolute atomic E-state index is 0. The molecule has 2 fully saturated rings. The number of aryl methyl sites for hydroxylation is 2. The van der Waals surface area contributed by atoms with E-state index in [1.165, 1.54) is 20.1 Å². The lowest BCUT2D eigenvalue weighted by Crippen LogP contribution is -2.41. The fourth-order valence-corrected chi connectivity index (χ4v) is 11.1. The third-order valence-corrected chi connectivity index (χ3v) is 16.9. The number of fused-ring (bicyclic) bond motifs is 3. The number of aliphatic carboxylic acids is 1. The maximum absolute atomic E-state index is 14.7. The molecule has 5 aromatic heterocycles. The number of nitrogens with two attached hydrogens (primary N) is 1. The van der Waals surface area contributed by atoms with Crippen molar-refractivity contribution >= 4 is 204 Å². The molecule has 109 heavy (non-hydrogen) atoms. The number of alkyl halides is 1. The highest BCUT2D eigenvalue weighted by Gasteiger charge is 2.52. The van der Waals surface area contributed by atoms with Crippen molar-refractivity contribution in [2.75, 3.05) is 11.9 Å². The molecule has 7 heterocycles. The zero-order valence-corrected chi connectivity index (χ0v) is 70.5. The zero-order valence-electron chi connectivity index (χ0n) is 60.7. The number of carbonyl (C=O) groups is 5. The molecule has 5 aromatic carbocycles. The minimum atomic E-state index is -1.05. The highest BCUT2D eigenvalue weighted by atomic mass is 79.9. The first-order valence-corrected chi connectivity index (χ1v) is 38.1. The van der Waals surface area contributed by atoms with Gasteiger partial charge in [-0.1, -0.05) is 79.9 Å². The molecule has 0 radical (unpaired) electrons. The maximum atomic E-state index is 14.7. The summed E-state index contributed by atoms with van der Waals surface area (Å²) in [5.41, 5.74) is 9.64. The number of nitrogens with one attached hydrogen (secondary N) is 2. The molecule has 576 valence electrons. The lowest BCUT2D eigenvalue weighted by Gasteiger charge is -2.32. The van der Waals surface area contributed by atoms with Gasteiger partial charge in [-0.3, -0.25) is 38.0 Å². The standard InChI is InChI=1S/C17H15ClF2N2O.C15H11N5O2.C14H16BrN3O3.C14H14BrN3O2.C11H17BN2O2.ClH.S3.S2.H2S/c18-13-6-2-1-4-11(13)12-5-3-7-14(16(12)20)22-17(23)15-8-10(19)9-21-15;1-9-17-6-11(7-18-9)10-2-3-14-12(4-10)13(5-16)19-20(14)8-15(21)22;1-14(2,3)21-11(19)7-18-10-5-4-8(15)6-9(10)12(17-18)13(16)20;1-14(2,3)20-13(19)8-18-12-5-4-9(15)6-10(12)11(7-16)17-18;1-8-13-6-9(7-14-8)12-15-10(2,3)11(4,5)16-12;;1-3-2;1-2;/h1-7,10,15,21H,8-9H2,(H,22,23);2-4,6-7H,8H2,1H3,(H,21,22);4-6H,7H2,1-3H3,(H2,16,20);4-6H,8H2,1-3H3;6-7H,1-5H3;1H;;;1H2/t10-,15+;;;;;;;;/m1......../s1. The van der Waals surface area contributed by atoms with Crippen LogP contribution in [0.2, 0.25) is 5.02 Å². The first kappa shape index (κ1) is 93.2. The summed E-state index contributed by atoms with van der Waals surface area (Å²) in [6.07, 6.45) is 5.96. The number of nitriles is 2. The number of primary amides is 1. The summed E-state index contributed by atoms with van der Waals surface area (Å²) in [5.74, 6) is -2.03. The first-order valence-electron chi connectivity index (χ1n) is 32.2. The van der Waals surface area contributed by atoms with Crippen LogP contribution in [-0.4, -0.2) is 132 Å². The lowest BCUT2D eigenvalue weighted by atomic mass is 9.81. The summed E-state index contributed by atoms with van der Waals surface area (Å²) >= 11 is 28.4.